The summed E-state index contributed by atoms with van der Waals surface area (Å²) < 4.78 is 0. The number of carboxylic acid groups (broad SMARTS) is 2. The molecule has 0 fully saturated rings. The largest absolute Gasteiger partial charge is 0.480 e. The van der Waals surface area contributed by atoms with Crippen molar-refractivity contribution in [2.75, 3.05) is 6.54 Å². The molecule has 1 aromatic rings. The molecule has 134 valence electrons. The molecule has 1 rings (SSSR count). The average Bonchev–Trinajstić information content (AvgIpc) is 2.52. The second kappa shape index (κ2) is 11.9. The standard InChI is InChI=1S/C9H11NO2.C6H13N3O3/c10-8(9(11)12)6-7-4-2-1-3-5-7;7-4(5(10)11)2-1-3-9-6(8)12/h1-5,8H,6,10H2,(H,11,12);4H,1-3,7H2,(H,10,11)(H3,8,9,12)/t8-;4-/m00/s1. The van der Waals surface area contributed by atoms with E-state index in [0.717, 1.165) is 5.56 Å². The zero-order valence-electron chi connectivity index (χ0n) is 13.2. The van der Waals surface area contributed by atoms with Crippen LogP contribution in [0.2, 0.25) is 0 Å². The van der Waals surface area contributed by atoms with Gasteiger partial charge in [-0.05, 0) is 24.8 Å². The van der Waals surface area contributed by atoms with Crippen molar-refractivity contribution in [2.24, 2.45) is 17.2 Å². The molecule has 0 aromatic heterocycles. The second-order valence-electron chi connectivity index (χ2n) is 5.01. The number of primary amides is 1. The summed E-state index contributed by atoms with van der Waals surface area (Å²) in [6.07, 6.45) is 1.22. The van der Waals surface area contributed by atoms with E-state index < -0.39 is 30.1 Å². The molecule has 0 heterocycles. The van der Waals surface area contributed by atoms with Gasteiger partial charge in [0.25, 0.3) is 0 Å². The van der Waals surface area contributed by atoms with Crippen LogP contribution in [-0.2, 0) is 16.0 Å². The molecule has 0 saturated heterocycles. The van der Waals surface area contributed by atoms with E-state index in [4.69, 9.17) is 27.4 Å². The van der Waals surface area contributed by atoms with E-state index in [1.165, 1.54) is 0 Å². The number of carbonyl (C=O) groups excluding carboxylic acids is 1. The minimum atomic E-state index is -1.03. The Kier molecular flexibility index (Phi) is 10.5. The molecule has 9 N–H and O–H groups in total. The van der Waals surface area contributed by atoms with Crippen molar-refractivity contribution < 1.29 is 24.6 Å². The Morgan fingerprint density at radius 2 is 1.54 bits per heavy atom. The van der Waals surface area contributed by atoms with Crippen LogP contribution >= 0.6 is 0 Å². The van der Waals surface area contributed by atoms with E-state index in [-0.39, 0.29) is 0 Å². The van der Waals surface area contributed by atoms with Crippen molar-refractivity contribution in [3.8, 4) is 0 Å². The number of hydrogen-bond acceptors (Lipinski definition) is 5. The lowest BCUT2D eigenvalue weighted by molar-refractivity contribution is -0.139. The summed E-state index contributed by atoms with van der Waals surface area (Å²) in [6.45, 7) is 0.357. The van der Waals surface area contributed by atoms with Crippen LogP contribution in [0.5, 0.6) is 0 Å². The molecular formula is C15H24N4O5. The van der Waals surface area contributed by atoms with Gasteiger partial charge in [-0.15, -0.1) is 0 Å². The van der Waals surface area contributed by atoms with Gasteiger partial charge in [-0.3, -0.25) is 9.59 Å². The highest BCUT2D eigenvalue weighted by atomic mass is 16.4. The van der Waals surface area contributed by atoms with Gasteiger partial charge in [0, 0.05) is 6.54 Å². The molecule has 2 amide bonds. The highest BCUT2D eigenvalue weighted by Crippen LogP contribution is 2.01. The van der Waals surface area contributed by atoms with Gasteiger partial charge < -0.3 is 32.7 Å². The first-order valence-electron chi connectivity index (χ1n) is 7.28. The van der Waals surface area contributed by atoms with Crippen molar-refractivity contribution in [3.05, 3.63) is 35.9 Å². The van der Waals surface area contributed by atoms with Crippen LogP contribution in [0.4, 0.5) is 4.79 Å². The molecule has 0 radical (unpaired) electrons. The van der Waals surface area contributed by atoms with E-state index in [1.54, 1.807) is 0 Å². The van der Waals surface area contributed by atoms with Crippen molar-refractivity contribution in [3.63, 3.8) is 0 Å². The molecule has 0 unspecified atom stereocenters. The molecule has 0 bridgehead atoms. The number of benzene rings is 1. The van der Waals surface area contributed by atoms with Gasteiger partial charge in [-0.25, -0.2) is 4.79 Å². The van der Waals surface area contributed by atoms with E-state index in [1.807, 2.05) is 30.3 Å². The van der Waals surface area contributed by atoms with Crippen LogP contribution in [0.25, 0.3) is 0 Å². The summed E-state index contributed by atoms with van der Waals surface area (Å²) in [6, 6.07) is 7.07. The number of hydrogen-bond donors (Lipinski definition) is 6. The second-order valence-corrected chi connectivity index (χ2v) is 5.01. The molecular weight excluding hydrogens is 316 g/mol. The number of rotatable bonds is 8. The minimum absolute atomic E-state index is 0.329. The summed E-state index contributed by atoms with van der Waals surface area (Å²) >= 11 is 0. The van der Waals surface area contributed by atoms with Gasteiger partial charge in [0.1, 0.15) is 12.1 Å². The van der Waals surface area contributed by atoms with Crippen molar-refractivity contribution in [1.82, 2.24) is 5.32 Å². The van der Waals surface area contributed by atoms with Gasteiger partial charge in [0.15, 0.2) is 0 Å². The number of aliphatic carboxylic acids is 2. The van der Waals surface area contributed by atoms with Gasteiger partial charge in [0.05, 0.1) is 0 Å². The number of nitrogens with one attached hydrogen (secondary N) is 1. The lowest BCUT2D eigenvalue weighted by Gasteiger charge is -2.05. The third-order valence-corrected chi connectivity index (χ3v) is 2.92. The number of nitrogens with two attached hydrogens (primary N) is 3. The van der Waals surface area contributed by atoms with Gasteiger partial charge >= 0.3 is 18.0 Å². The predicted molar refractivity (Wildman–Crippen MR) is 88.2 cm³/mol. The number of carbonyl (C=O) groups is 3. The maximum atomic E-state index is 10.4. The molecule has 0 aliphatic rings. The van der Waals surface area contributed by atoms with E-state index >= 15 is 0 Å². The normalized spacial score (nSPS) is 12.2. The summed E-state index contributed by atoms with van der Waals surface area (Å²) in [4.78, 5) is 30.7. The van der Waals surface area contributed by atoms with Crippen LogP contribution in [0, 0.1) is 0 Å². The zero-order valence-corrected chi connectivity index (χ0v) is 13.2. The minimum Gasteiger partial charge on any atom is -0.480 e. The first-order valence-corrected chi connectivity index (χ1v) is 7.28. The van der Waals surface area contributed by atoms with Crippen LogP contribution in [-0.4, -0.2) is 46.8 Å². The van der Waals surface area contributed by atoms with Crippen LogP contribution < -0.4 is 22.5 Å². The smallest absolute Gasteiger partial charge is 0.320 e. The molecule has 0 saturated carbocycles. The highest BCUT2D eigenvalue weighted by Gasteiger charge is 2.11. The van der Waals surface area contributed by atoms with E-state index in [0.29, 0.717) is 25.8 Å². The summed E-state index contributed by atoms with van der Waals surface area (Å²) in [5.74, 6) is -1.99. The van der Waals surface area contributed by atoms with Crippen molar-refractivity contribution >= 4 is 18.0 Å². The maximum absolute atomic E-state index is 10.4. The summed E-state index contributed by atoms with van der Waals surface area (Å²) in [5, 5.41) is 19.2. The Balaban J connectivity index is 0.000000441. The Morgan fingerprint density at radius 3 is 2.00 bits per heavy atom. The van der Waals surface area contributed by atoms with Crippen LogP contribution in [0.15, 0.2) is 30.3 Å². The molecule has 1 aromatic carbocycles. The molecule has 0 spiro atoms. The van der Waals surface area contributed by atoms with Crippen LogP contribution in [0.1, 0.15) is 18.4 Å². The molecule has 9 heteroatoms. The number of amides is 2. The molecule has 0 aliphatic heterocycles. The predicted octanol–water partition coefficient (Wildman–Crippen LogP) is -0.512. The lowest BCUT2D eigenvalue weighted by Crippen LogP contribution is -2.33. The fourth-order valence-corrected chi connectivity index (χ4v) is 1.61. The third kappa shape index (κ3) is 11.0. The first-order chi connectivity index (χ1) is 11.2. The van der Waals surface area contributed by atoms with Crippen LogP contribution in [0.3, 0.4) is 0 Å². The van der Waals surface area contributed by atoms with E-state index in [9.17, 15) is 14.4 Å². The maximum Gasteiger partial charge on any atom is 0.320 e. The SMILES string of the molecule is NC(=O)NCCC[C@H](N)C(=O)O.N[C@@H](Cc1ccccc1)C(=O)O. The Morgan fingerprint density at radius 1 is 1.00 bits per heavy atom. The van der Waals surface area contributed by atoms with Gasteiger partial charge in [0.2, 0.25) is 0 Å². The zero-order chi connectivity index (χ0) is 18.5. The average molecular weight is 340 g/mol. The van der Waals surface area contributed by atoms with Gasteiger partial charge in [-0.1, -0.05) is 30.3 Å². The van der Waals surface area contributed by atoms with Crippen molar-refractivity contribution in [2.45, 2.75) is 31.3 Å². The Bertz CT molecular complexity index is 524. The molecule has 2 atom stereocenters. The topological polar surface area (TPSA) is 182 Å². The third-order valence-electron chi connectivity index (χ3n) is 2.92. The highest BCUT2D eigenvalue weighted by molar-refractivity contribution is 5.73. The first kappa shape index (κ1) is 21.4. The summed E-state index contributed by atoms with van der Waals surface area (Å²) in [7, 11) is 0. The summed E-state index contributed by atoms with van der Waals surface area (Å²) in [5.41, 5.74) is 16.3. The number of urea groups is 1. The lowest BCUT2D eigenvalue weighted by atomic mass is 10.1. The molecule has 9 nitrogen and oxygen atoms in total. The number of carboxylic acids is 2. The Labute approximate surface area is 139 Å². The fraction of sp³-hybridized carbons (Fsp3) is 0.400. The van der Waals surface area contributed by atoms with Gasteiger partial charge in [-0.2, -0.15) is 0 Å². The van der Waals surface area contributed by atoms with E-state index in [2.05, 4.69) is 5.32 Å². The molecule has 0 aliphatic carbocycles. The quantitative estimate of drug-likeness (QED) is 0.344. The molecule has 24 heavy (non-hydrogen) atoms. The monoisotopic (exact) mass is 340 g/mol. The Hall–Kier alpha value is -2.65. The fourth-order valence-electron chi connectivity index (χ4n) is 1.61. The van der Waals surface area contributed by atoms with Crippen molar-refractivity contribution in [1.29, 1.82) is 0 Å².